The molecule has 1 amide bonds. The van der Waals surface area contributed by atoms with E-state index in [-0.39, 0.29) is 28.5 Å². The Labute approximate surface area is 203 Å². The number of ether oxygens (including phenoxy) is 1. The topological polar surface area (TPSA) is 116 Å². The molecule has 1 spiro atoms. The van der Waals surface area contributed by atoms with E-state index in [1.807, 2.05) is 18.2 Å². The van der Waals surface area contributed by atoms with Crippen LogP contribution < -0.4 is 5.32 Å². The third-order valence-corrected chi connectivity index (χ3v) is 9.38. The first-order valence-corrected chi connectivity index (χ1v) is 13.7. The molecule has 1 N–H and O–H groups in total. The molecule has 182 valence electrons. The molecule has 2 aliphatic carbocycles. The molecular formula is C25H27N5O4S. The summed E-state index contributed by atoms with van der Waals surface area (Å²) in [5.74, 6) is 0.434. The lowest BCUT2D eigenvalue weighted by Crippen LogP contribution is -2.40. The summed E-state index contributed by atoms with van der Waals surface area (Å²) in [5, 5.41) is 14.3. The maximum Gasteiger partial charge on any atom is 0.407 e. The van der Waals surface area contributed by atoms with Crippen LogP contribution in [-0.2, 0) is 27.4 Å². The summed E-state index contributed by atoms with van der Waals surface area (Å²) < 4.78 is 32.9. The lowest BCUT2D eigenvalue weighted by atomic mass is 9.82. The Balaban J connectivity index is 1.15. The average Bonchev–Trinajstić information content (AvgIpc) is 3.60. The van der Waals surface area contributed by atoms with E-state index >= 15 is 0 Å². The number of carbonyl (C=O) groups is 1. The highest BCUT2D eigenvalue weighted by molar-refractivity contribution is 7.91. The lowest BCUT2D eigenvalue weighted by Gasteiger charge is -2.26. The average molecular weight is 494 g/mol. The number of tetrazole rings is 1. The minimum absolute atomic E-state index is 0.0138. The van der Waals surface area contributed by atoms with Gasteiger partial charge in [0.2, 0.25) is 9.84 Å². The fourth-order valence-electron chi connectivity index (χ4n) is 5.88. The quantitative estimate of drug-likeness (QED) is 0.581. The third kappa shape index (κ3) is 4.20. The fraction of sp³-hybridized carbons (Fsp3) is 0.440. The number of nitrogens with zero attached hydrogens (tertiary/aromatic N) is 4. The number of fused-ring (bicyclic) bond motifs is 1. The van der Waals surface area contributed by atoms with Gasteiger partial charge in [-0.25, -0.2) is 13.2 Å². The molecule has 6 rings (SSSR count). The van der Waals surface area contributed by atoms with Gasteiger partial charge in [-0.1, -0.05) is 41.5 Å². The first kappa shape index (κ1) is 22.2. The normalized spacial score (nSPS) is 25.9. The number of aromatic nitrogens is 4. The molecule has 9 nitrogen and oxygen atoms in total. The molecule has 0 radical (unpaired) electrons. The van der Waals surface area contributed by atoms with Crippen molar-refractivity contribution in [3.05, 3.63) is 65.2 Å². The molecule has 0 bridgehead atoms. The van der Waals surface area contributed by atoms with Gasteiger partial charge in [0.15, 0.2) is 0 Å². The van der Waals surface area contributed by atoms with Gasteiger partial charge < -0.3 is 10.1 Å². The zero-order chi connectivity index (χ0) is 24.0. The second kappa shape index (κ2) is 8.44. The number of alkyl carbamates (subject to hydrolysis) is 1. The first-order chi connectivity index (χ1) is 16.9. The van der Waals surface area contributed by atoms with Crippen LogP contribution in [0.15, 0.2) is 53.7 Å². The minimum Gasteiger partial charge on any atom is -0.447 e. The Hall–Kier alpha value is -3.27. The number of rotatable bonds is 5. The van der Waals surface area contributed by atoms with E-state index < -0.39 is 9.84 Å². The fourth-order valence-corrected chi connectivity index (χ4v) is 7.50. The summed E-state index contributed by atoms with van der Waals surface area (Å²) in [6.45, 7) is 0.455. The van der Waals surface area contributed by atoms with Crippen molar-refractivity contribution in [1.29, 1.82) is 0 Å². The van der Waals surface area contributed by atoms with Crippen LogP contribution in [0.25, 0.3) is 5.69 Å². The summed E-state index contributed by atoms with van der Waals surface area (Å²) in [5.41, 5.74) is 4.22. The summed E-state index contributed by atoms with van der Waals surface area (Å²) in [6.07, 6.45) is 4.93. The van der Waals surface area contributed by atoms with Crippen molar-refractivity contribution in [2.75, 3.05) is 12.4 Å². The van der Waals surface area contributed by atoms with Gasteiger partial charge in [0.05, 0.1) is 17.0 Å². The van der Waals surface area contributed by atoms with Gasteiger partial charge in [0.1, 0.15) is 6.61 Å². The molecule has 1 aromatic heterocycles. The molecular weight excluding hydrogens is 466 g/mol. The van der Waals surface area contributed by atoms with E-state index in [1.165, 1.54) is 21.4 Å². The molecule has 1 saturated carbocycles. The van der Waals surface area contributed by atoms with Crippen molar-refractivity contribution >= 4 is 15.9 Å². The number of sulfone groups is 1. The Kier molecular flexibility index (Phi) is 5.36. The number of amides is 1. The standard InChI is InChI=1S/C25H27N5O4S/c31-24-26-25(16-34-24)11-10-21(14-25)20-9-8-18-12-17(6-7-19(18)13-20)15-35(32,33)23-27-28-29-30(23)22-4-2-1-3-5-22/h1-5,8-9,13,17,21H,6-7,10-12,14-16H2,(H,26,31)/t17-,21+,25-/m1/s1. The number of aryl methyl sites for hydroxylation is 1. The van der Waals surface area contributed by atoms with E-state index in [2.05, 4.69) is 39.0 Å². The monoisotopic (exact) mass is 493 g/mol. The summed E-state index contributed by atoms with van der Waals surface area (Å²) in [4.78, 5) is 11.5. The second-order valence-corrected chi connectivity index (χ2v) is 12.0. The first-order valence-electron chi connectivity index (χ1n) is 12.0. The highest BCUT2D eigenvalue weighted by atomic mass is 32.2. The molecule has 2 aromatic carbocycles. The van der Waals surface area contributed by atoms with E-state index in [0.29, 0.717) is 18.2 Å². The van der Waals surface area contributed by atoms with Crippen LogP contribution >= 0.6 is 0 Å². The van der Waals surface area contributed by atoms with Gasteiger partial charge >= 0.3 is 6.09 Å². The number of hydrogen-bond donors (Lipinski definition) is 1. The SMILES string of the molecule is O=C1N[C@@]2(CC[C@H](c3ccc4c(c3)CC[C@@H](CS(=O)(=O)c3nnnn3-c3ccccc3)C4)C2)CO1. The molecule has 3 atom stereocenters. The van der Waals surface area contributed by atoms with E-state index in [0.717, 1.165) is 38.5 Å². The van der Waals surface area contributed by atoms with Gasteiger partial charge in [-0.15, -0.1) is 0 Å². The third-order valence-electron chi connectivity index (χ3n) is 7.66. The van der Waals surface area contributed by atoms with Gasteiger partial charge in [-0.2, -0.15) is 4.68 Å². The molecule has 3 aromatic rings. The highest BCUT2D eigenvalue weighted by Gasteiger charge is 2.46. The van der Waals surface area contributed by atoms with E-state index in [1.54, 1.807) is 12.1 Å². The van der Waals surface area contributed by atoms with Crippen LogP contribution in [0.4, 0.5) is 4.79 Å². The zero-order valence-corrected chi connectivity index (χ0v) is 20.1. The van der Waals surface area contributed by atoms with E-state index in [9.17, 15) is 13.2 Å². The number of hydrogen-bond acceptors (Lipinski definition) is 7. The number of nitrogens with one attached hydrogen (secondary N) is 1. The smallest absolute Gasteiger partial charge is 0.407 e. The van der Waals surface area contributed by atoms with Gasteiger partial charge in [-0.05, 0) is 89.6 Å². The number of carbonyl (C=O) groups excluding carboxylic acids is 1. The molecule has 0 unspecified atom stereocenters. The van der Waals surface area contributed by atoms with Crippen LogP contribution in [0.3, 0.4) is 0 Å². The summed E-state index contributed by atoms with van der Waals surface area (Å²) in [7, 11) is -3.66. The van der Waals surface area contributed by atoms with Crippen LogP contribution in [-0.4, -0.2) is 52.6 Å². The molecule has 35 heavy (non-hydrogen) atoms. The number of cyclic esters (lactones) is 1. The zero-order valence-electron chi connectivity index (χ0n) is 19.3. The van der Waals surface area contributed by atoms with Crippen molar-refractivity contribution in [1.82, 2.24) is 25.5 Å². The second-order valence-electron chi connectivity index (χ2n) is 10.0. The maximum absolute atomic E-state index is 13.2. The van der Waals surface area contributed by atoms with Crippen LogP contribution in [0, 0.1) is 5.92 Å². The Bertz CT molecular complexity index is 1370. The molecule has 10 heteroatoms. The van der Waals surface area contributed by atoms with Crippen LogP contribution in [0.1, 0.15) is 48.3 Å². The maximum atomic E-state index is 13.2. The van der Waals surface area contributed by atoms with Crippen molar-refractivity contribution in [2.24, 2.45) is 5.92 Å². The minimum atomic E-state index is -3.66. The largest absolute Gasteiger partial charge is 0.447 e. The van der Waals surface area contributed by atoms with Gasteiger partial charge in [-0.3, -0.25) is 0 Å². The summed E-state index contributed by atoms with van der Waals surface area (Å²) in [6, 6.07) is 15.7. The Morgan fingerprint density at radius 3 is 2.77 bits per heavy atom. The van der Waals surface area contributed by atoms with Crippen molar-refractivity contribution in [2.45, 2.75) is 55.1 Å². The summed E-state index contributed by atoms with van der Waals surface area (Å²) >= 11 is 0. The molecule has 2 fully saturated rings. The van der Waals surface area contributed by atoms with Crippen LogP contribution in [0.5, 0.6) is 0 Å². The van der Waals surface area contributed by atoms with Gasteiger partial charge in [0, 0.05) is 0 Å². The molecule has 2 heterocycles. The van der Waals surface area contributed by atoms with Crippen molar-refractivity contribution < 1.29 is 17.9 Å². The molecule has 3 aliphatic rings. The van der Waals surface area contributed by atoms with E-state index in [4.69, 9.17) is 4.74 Å². The lowest BCUT2D eigenvalue weighted by molar-refractivity contribution is 0.172. The Morgan fingerprint density at radius 1 is 1.11 bits per heavy atom. The number of para-hydroxylation sites is 1. The highest BCUT2D eigenvalue weighted by Crippen LogP contribution is 2.43. The van der Waals surface area contributed by atoms with Crippen molar-refractivity contribution in [3.8, 4) is 5.69 Å². The predicted octanol–water partition coefficient (Wildman–Crippen LogP) is 2.99. The number of benzene rings is 2. The van der Waals surface area contributed by atoms with Crippen molar-refractivity contribution in [3.63, 3.8) is 0 Å². The predicted molar refractivity (Wildman–Crippen MR) is 127 cm³/mol. The van der Waals surface area contributed by atoms with Crippen LogP contribution in [0.2, 0.25) is 0 Å². The molecule has 1 saturated heterocycles. The Morgan fingerprint density at radius 2 is 1.97 bits per heavy atom. The van der Waals surface area contributed by atoms with Gasteiger partial charge in [0.25, 0.3) is 5.16 Å². The molecule has 1 aliphatic heterocycles.